The van der Waals surface area contributed by atoms with Crippen LogP contribution in [0, 0.1) is 0 Å². The largest absolute Gasteiger partial charge is 0.468 e. The van der Waals surface area contributed by atoms with Gasteiger partial charge in [0, 0.05) is 19.5 Å². The minimum absolute atomic E-state index is 0.0109. The summed E-state index contributed by atoms with van der Waals surface area (Å²) in [5, 5.41) is 2.87. The van der Waals surface area contributed by atoms with Gasteiger partial charge in [0.15, 0.2) is 0 Å². The number of nitrogens with one attached hydrogen (secondary N) is 1. The number of hydrogen-bond donors (Lipinski definition) is 1. The highest BCUT2D eigenvalue weighted by atomic mass is 16.3. The quantitative estimate of drug-likeness (QED) is 0.829. The van der Waals surface area contributed by atoms with Gasteiger partial charge < -0.3 is 14.6 Å². The Morgan fingerprint density at radius 3 is 2.90 bits per heavy atom. The van der Waals surface area contributed by atoms with Crippen molar-refractivity contribution in [3.63, 3.8) is 0 Å². The number of carbonyl (C=O) groups is 2. The van der Waals surface area contributed by atoms with Gasteiger partial charge in [0.05, 0.1) is 18.8 Å². The molecule has 1 fully saturated rings. The third kappa shape index (κ3) is 3.60. The molecule has 2 amide bonds. The number of likely N-dealkylation sites (N-methyl/N-ethyl adjacent to an activating group) is 1. The lowest BCUT2D eigenvalue weighted by atomic mass is 10.2. The van der Waals surface area contributed by atoms with E-state index < -0.39 is 0 Å². The number of hydrogen-bond acceptors (Lipinski definition) is 4. The first-order valence-corrected chi connectivity index (χ1v) is 6.82. The van der Waals surface area contributed by atoms with Crippen molar-refractivity contribution < 1.29 is 14.0 Å². The fourth-order valence-corrected chi connectivity index (χ4v) is 2.33. The number of amides is 2. The maximum Gasteiger partial charge on any atom is 0.239 e. The van der Waals surface area contributed by atoms with E-state index in [-0.39, 0.29) is 24.4 Å². The second kappa shape index (κ2) is 6.56. The molecule has 1 aliphatic heterocycles. The maximum atomic E-state index is 11.9. The van der Waals surface area contributed by atoms with Crippen LogP contribution in [0.2, 0.25) is 0 Å². The van der Waals surface area contributed by atoms with Gasteiger partial charge in [-0.05, 0) is 32.6 Å². The van der Waals surface area contributed by atoms with Crippen LogP contribution in [0.3, 0.4) is 0 Å². The molecule has 1 saturated heterocycles. The van der Waals surface area contributed by atoms with Crippen LogP contribution in [0.15, 0.2) is 22.8 Å². The summed E-state index contributed by atoms with van der Waals surface area (Å²) in [6.45, 7) is 1.29. The van der Waals surface area contributed by atoms with Crippen LogP contribution in [-0.4, -0.2) is 55.3 Å². The molecule has 2 rings (SSSR count). The number of rotatable bonds is 6. The second-order valence-corrected chi connectivity index (χ2v) is 5.22. The third-order valence-electron chi connectivity index (χ3n) is 3.49. The molecule has 6 heteroatoms. The number of nitrogens with zero attached hydrogens (tertiary/aromatic N) is 2. The van der Waals surface area contributed by atoms with Crippen molar-refractivity contribution in [3.8, 4) is 0 Å². The number of likely N-dealkylation sites (tertiary alicyclic amines) is 1. The Hall–Kier alpha value is -1.82. The van der Waals surface area contributed by atoms with Gasteiger partial charge >= 0.3 is 0 Å². The first-order chi connectivity index (χ1) is 9.58. The van der Waals surface area contributed by atoms with Crippen molar-refractivity contribution in [2.45, 2.75) is 18.9 Å². The van der Waals surface area contributed by atoms with Crippen LogP contribution >= 0.6 is 0 Å². The minimum atomic E-state index is -0.126. The van der Waals surface area contributed by atoms with Gasteiger partial charge in [-0.3, -0.25) is 14.5 Å². The topological polar surface area (TPSA) is 65.8 Å². The Kier molecular flexibility index (Phi) is 4.79. The Morgan fingerprint density at radius 2 is 2.35 bits per heavy atom. The molecule has 2 heterocycles. The first kappa shape index (κ1) is 14.6. The molecule has 1 aromatic heterocycles. The summed E-state index contributed by atoms with van der Waals surface area (Å²) in [5.41, 5.74) is 0. The van der Waals surface area contributed by atoms with Crippen LogP contribution in [0.4, 0.5) is 0 Å². The molecular formula is C14H21N3O3. The molecule has 1 aromatic rings. The zero-order valence-corrected chi connectivity index (χ0v) is 12.0. The van der Waals surface area contributed by atoms with Gasteiger partial charge in [-0.1, -0.05) is 0 Å². The zero-order valence-electron chi connectivity index (χ0n) is 12.0. The lowest BCUT2D eigenvalue weighted by Gasteiger charge is -2.23. The molecule has 0 bridgehead atoms. The number of furan rings is 1. The predicted octanol–water partition coefficient (Wildman–Crippen LogP) is 0.621. The van der Waals surface area contributed by atoms with Crippen LogP contribution in [0.1, 0.15) is 24.6 Å². The standard InChI is InChI=1S/C14H21N3O3/c1-16(2)11(12-5-4-8-20-12)9-15-13(18)10-17-7-3-6-14(17)19/h4-5,8,11H,3,6-7,9-10H2,1-2H3,(H,15,18)/t11-/m0/s1. The molecule has 110 valence electrons. The SMILES string of the molecule is CN(C)[C@@H](CNC(=O)CN1CCCC1=O)c1ccco1. The monoisotopic (exact) mass is 279 g/mol. The van der Waals surface area contributed by atoms with Crippen molar-refractivity contribution >= 4 is 11.8 Å². The summed E-state index contributed by atoms with van der Waals surface area (Å²) >= 11 is 0. The number of carbonyl (C=O) groups excluding carboxylic acids is 2. The van der Waals surface area contributed by atoms with E-state index in [1.807, 2.05) is 31.1 Å². The highest BCUT2D eigenvalue weighted by molar-refractivity contribution is 5.85. The molecule has 6 nitrogen and oxygen atoms in total. The van der Waals surface area contributed by atoms with Crippen molar-refractivity contribution in [1.29, 1.82) is 0 Å². The summed E-state index contributed by atoms with van der Waals surface area (Å²) in [6, 6.07) is 3.71. The highest BCUT2D eigenvalue weighted by Crippen LogP contribution is 2.17. The van der Waals surface area contributed by atoms with E-state index in [0.717, 1.165) is 12.2 Å². The Balaban J connectivity index is 1.83. The fraction of sp³-hybridized carbons (Fsp3) is 0.571. The predicted molar refractivity (Wildman–Crippen MR) is 74.0 cm³/mol. The molecule has 1 N–H and O–H groups in total. The zero-order chi connectivity index (χ0) is 14.5. The summed E-state index contributed by atoms with van der Waals surface area (Å²) in [6.07, 6.45) is 3.02. The third-order valence-corrected chi connectivity index (χ3v) is 3.49. The molecule has 0 radical (unpaired) electrons. The van der Waals surface area contributed by atoms with Crippen molar-refractivity contribution in [2.24, 2.45) is 0 Å². The van der Waals surface area contributed by atoms with Gasteiger partial charge in [0.2, 0.25) is 11.8 Å². The molecule has 0 aliphatic carbocycles. The van der Waals surface area contributed by atoms with Crippen molar-refractivity contribution in [2.75, 3.05) is 33.7 Å². The van der Waals surface area contributed by atoms with E-state index >= 15 is 0 Å². The first-order valence-electron chi connectivity index (χ1n) is 6.82. The van der Waals surface area contributed by atoms with E-state index in [9.17, 15) is 9.59 Å². The van der Waals surface area contributed by atoms with E-state index in [0.29, 0.717) is 19.5 Å². The lowest BCUT2D eigenvalue weighted by molar-refractivity contribution is -0.133. The summed E-state index contributed by atoms with van der Waals surface area (Å²) in [7, 11) is 3.87. The van der Waals surface area contributed by atoms with E-state index in [4.69, 9.17) is 4.42 Å². The van der Waals surface area contributed by atoms with Crippen LogP contribution < -0.4 is 5.32 Å². The van der Waals surface area contributed by atoms with Crippen LogP contribution in [-0.2, 0) is 9.59 Å². The van der Waals surface area contributed by atoms with Gasteiger partial charge in [0.25, 0.3) is 0 Å². The van der Waals surface area contributed by atoms with Gasteiger partial charge in [-0.2, -0.15) is 0 Å². The lowest BCUT2D eigenvalue weighted by Crippen LogP contribution is -2.41. The van der Waals surface area contributed by atoms with E-state index in [1.165, 1.54) is 0 Å². The normalized spacial score (nSPS) is 16.8. The Bertz CT molecular complexity index is 456. The van der Waals surface area contributed by atoms with Crippen molar-refractivity contribution in [3.05, 3.63) is 24.2 Å². The molecule has 1 aliphatic rings. The minimum Gasteiger partial charge on any atom is -0.468 e. The van der Waals surface area contributed by atoms with E-state index in [1.54, 1.807) is 11.2 Å². The summed E-state index contributed by atoms with van der Waals surface area (Å²) < 4.78 is 5.38. The molecule has 20 heavy (non-hydrogen) atoms. The van der Waals surface area contributed by atoms with Gasteiger partial charge in [-0.25, -0.2) is 0 Å². The molecular weight excluding hydrogens is 258 g/mol. The second-order valence-electron chi connectivity index (χ2n) is 5.22. The molecule has 1 atom stereocenters. The van der Waals surface area contributed by atoms with Crippen LogP contribution in [0.25, 0.3) is 0 Å². The highest BCUT2D eigenvalue weighted by Gasteiger charge is 2.23. The molecule has 0 aromatic carbocycles. The van der Waals surface area contributed by atoms with Crippen LogP contribution in [0.5, 0.6) is 0 Å². The summed E-state index contributed by atoms with van der Waals surface area (Å²) in [5.74, 6) is 0.751. The Morgan fingerprint density at radius 1 is 1.55 bits per heavy atom. The molecule has 0 spiro atoms. The van der Waals surface area contributed by atoms with Crippen molar-refractivity contribution in [1.82, 2.24) is 15.1 Å². The molecule has 0 unspecified atom stereocenters. The maximum absolute atomic E-state index is 11.9. The fourth-order valence-electron chi connectivity index (χ4n) is 2.33. The van der Waals surface area contributed by atoms with E-state index in [2.05, 4.69) is 5.32 Å². The summed E-state index contributed by atoms with van der Waals surface area (Å²) in [4.78, 5) is 26.9. The average molecular weight is 279 g/mol. The molecule has 0 saturated carbocycles. The Labute approximate surface area is 118 Å². The van der Waals surface area contributed by atoms with Gasteiger partial charge in [0.1, 0.15) is 5.76 Å². The smallest absolute Gasteiger partial charge is 0.239 e. The van der Waals surface area contributed by atoms with Gasteiger partial charge in [-0.15, -0.1) is 0 Å². The average Bonchev–Trinajstić information content (AvgIpc) is 3.02.